The van der Waals surface area contributed by atoms with Gasteiger partial charge in [0.2, 0.25) is 10.0 Å². The van der Waals surface area contributed by atoms with Crippen molar-refractivity contribution in [3.63, 3.8) is 0 Å². The molecule has 0 radical (unpaired) electrons. The molecule has 1 fully saturated rings. The maximum atomic E-state index is 12.8. The first-order valence-electron chi connectivity index (χ1n) is 10.3. The van der Waals surface area contributed by atoms with E-state index in [1.54, 1.807) is 12.1 Å². The third-order valence-corrected chi connectivity index (χ3v) is 7.28. The Morgan fingerprint density at radius 1 is 1.16 bits per heavy atom. The number of ether oxygens (including phenoxy) is 1. The lowest BCUT2D eigenvalue weighted by Gasteiger charge is -2.30. The summed E-state index contributed by atoms with van der Waals surface area (Å²) in [6, 6.07) is 9.22. The van der Waals surface area contributed by atoms with E-state index in [0.29, 0.717) is 24.2 Å². The highest BCUT2D eigenvalue weighted by Gasteiger charge is 2.34. The number of rotatable bonds is 8. The Labute approximate surface area is 186 Å². The van der Waals surface area contributed by atoms with Crippen molar-refractivity contribution >= 4 is 27.7 Å². The van der Waals surface area contributed by atoms with E-state index in [-0.39, 0.29) is 30.3 Å². The van der Waals surface area contributed by atoms with Gasteiger partial charge in [-0.3, -0.25) is 14.4 Å². The van der Waals surface area contributed by atoms with Gasteiger partial charge in [0.25, 0.3) is 5.91 Å². The third-order valence-electron chi connectivity index (χ3n) is 5.36. The maximum absolute atomic E-state index is 12.8. The minimum absolute atomic E-state index is 0.102. The summed E-state index contributed by atoms with van der Waals surface area (Å²) in [6.07, 6.45) is 1.12. The highest BCUT2D eigenvalue weighted by atomic mass is 32.2. The summed E-state index contributed by atoms with van der Waals surface area (Å²) < 4.78 is 37.4. The summed E-state index contributed by atoms with van der Waals surface area (Å²) in [5.74, 6) is -1.00. The molecule has 0 aliphatic carbocycles. The molecule has 2 aromatic rings. The van der Waals surface area contributed by atoms with Crippen molar-refractivity contribution in [2.75, 3.05) is 13.1 Å². The van der Waals surface area contributed by atoms with Crippen molar-refractivity contribution in [1.82, 2.24) is 9.62 Å². The first kappa shape index (κ1) is 23.7. The molecule has 1 aliphatic rings. The van der Waals surface area contributed by atoms with E-state index < -0.39 is 33.9 Å². The zero-order valence-electron chi connectivity index (χ0n) is 17.9. The van der Waals surface area contributed by atoms with Crippen molar-refractivity contribution < 1.29 is 32.0 Å². The van der Waals surface area contributed by atoms with Crippen LogP contribution in [0.5, 0.6) is 0 Å². The molecule has 1 aromatic carbocycles. The second-order valence-electron chi connectivity index (χ2n) is 7.64. The second kappa shape index (κ2) is 10.1. The number of esters is 1. The van der Waals surface area contributed by atoms with Crippen LogP contribution < -0.4 is 5.32 Å². The number of benzene rings is 1. The SMILES string of the molecule is CC(=O)c1ccc(S(=O)(=O)N2CCC(C(=O)O[C@@H](C)C(=O)NCc3ccco3)CC2)cc1. The van der Waals surface area contributed by atoms with Gasteiger partial charge in [-0.2, -0.15) is 4.31 Å². The number of ketones is 1. The average molecular weight is 463 g/mol. The van der Waals surface area contributed by atoms with Crippen molar-refractivity contribution in [3.05, 3.63) is 54.0 Å². The van der Waals surface area contributed by atoms with Crippen LogP contribution in [0, 0.1) is 5.92 Å². The predicted octanol–water partition coefficient (Wildman–Crippen LogP) is 2.13. The highest BCUT2D eigenvalue weighted by Crippen LogP contribution is 2.25. The van der Waals surface area contributed by atoms with E-state index >= 15 is 0 Å². The fraction of sp³-hybridized carbons (Fsp3) is 0.409. The van der Waals surface area contributed by atoms with Crippen LogP contribution >= 0.6 is 0 Å². The summed E-state index contributed by atoms with van der Waals surface area (Å²) in [5.41, 5.74) is 0.438. The second-order valence-corrected chi connectivity index (χ2v) is 9.57. The Kier molecular flexibility index (Phi) is 7.47. The lowest BCUT2D eigenvalue weighted by molar-refractivity contribution is -0.159. The zero-order valence-corrected chi connectivity index (χ0v) is 18.8. The Morgan fingerprint density at radius 3 is 2.38 bits per heavy atom. The van der Waals surface area contributed by atoms with Crippen molar-refractivity contribution in [3.8, 4) is 0 Å². The van der Waals surface area contributed by atoms with Gasteiger partial charge in [-0.05, 0) is 51.0 Å². The van der Waals surface area contributed by atoms with Crippen LogP contribution in [0.4, 0.5) is 0 Å². The fourth-order valence-electron chi connectivity index (χ4n) is 3.40. The Morgan fingerprint density at radius 2 is 1.81 bits per heavy atom. The molecule has 1 aliphatic heterocycles. The zero-order chi connectivity index (χ0) is 23.3. The number of hydrogen-bond donors (Lipinski definition) is 1. The number of Topliss-reactive ketones (excluding diaryl/α,β-unsaturated/α-hetero) is 1. The summed E-state index contributed by atoms with van der Waals surface area (Å²) in [5, 5.41) is 2.63. The van der Waals surface area contributed by atoms with E-state index in [0.717, 1.165) is 0 Å². The molecule has 0 saturated carbocycles. The summed E-state index contributed by atoms with van der Waals surface area (Å²) >= 11 is 0. The van der Waals surface area contributed by atoms with Crippen molar-refractivity contribution in [2.45, 2.75) is 44.2 Å². The number of furan rings is 1. The first-order valence-corrected chi connectivity index (χ1v) is 11.7. The largest absolute Gasteiger partial charge is 0.467 e. The number of piperidine rings is 1. The average Bonchev–Trinajstić information content (AvgIpc) is 3.31. The quantitative estimate of drug-likeness (QED) is 0.471. The summed E-state index contributed by atoms with van der Waals surface area (Å²) in [6.45, 7) is 3.42. The third kappa shape index (κ3) is 5.63. The van der Waals surface area contributed by atoms with Crippen LogP contribution in [-0.2, 0) is 30.9 Å². The van der Waals surface area contributed by atoms with Gasteiger partial charge in [0.15, 0.2) is 11.9 Å². The minimum atomic E-state index is -3.72. The maximum Gasteiger partial charge on any atom is 0.309 e. The molecule has 172 valence electrons. The normalized spacial score (nSPS) is 16.3. The molecular weight excluding hydrogens is 436 g/mol. The molecule has 9 nitrogen and oxygen atoms in total. The number of carbonyl (C=O) groups is 3. The predicted molar refractivity (Wildman–Crippen MR) is 114 cm³/mol. The van der Waals surface area contributed by atoms with Crippen molar-refractivity contribution in [1.29, 1.82) is 0 Å². The molecule has 0 spiro atoms. The van der Waals surface area contributed by atoms with E-state index in [9.17, 15) is 22.8 Å². The number of hydrogen-bond acceptors (Lipinski definition) is 7. The van der Waals surface area contributed by atoms with Gasteiger partial charge in [0.05, 0.1) is 23.6 Å². The lowest BCUT2D eigenvalue weighted by Crippen LogP contribution is -2.42. The standard InChI is InChI=1S/C22H26N2O7S/c1-15(25)17-5-7-20(8-6-17)32(28,29)24-11-9-18(10-12-24)22(27)31-16(2)21(26)23-14-19-4-3-13-30-19/h3-8,13,16,18H,9-12,14H2,1-2H3,(H,23,26)/t16-/m0/s1. The smallest absolute Gasteiger partial charge is 0.309 e. The van der Waals surface area contributed by atoms with Gasteiger partial charge in [0, 0.05) is 18.7 Å². The first-order chi connectivity index (χ1) is 15.2. The molecule has 10 heteroatoms. The number of nitrogens with zero attached hydrogens (tertiary/aromatic N) is 1. The number of carbonyl (C=O) groups excluding carboxylic acids is 3. The summed E-state index contributed by atoms with van der Waals surface area (Å²) in [7, 11) is -3.72. The van der Waals surface area contributed by atoms with Gasteiger partial charge >= 0.3 is 5.97 Å². The fourth-order valence-corrected chi connectivity index (χ4v) is 4.87. The molecule has 3 rings (SSSR count). The van der Waals surface area contributed by atoms with Gasteiger partial charge in [0.1, 0.15) is 5.76 Å². The van der Waals surface area contributed by atoms with E-state index in [1.807, 2.05) is 0 Å². The van der Waals surface area contributed by atoms with Crippen LogP contribution in [0.2, 0.25) is 0 Å². The van der Waals surface area contributed by atoms with E-state index in [1.165, 1.54) is 48.7 Å². The van der Waals surface area contributed by atoms with Crippen LogP contribution in [0.3, 0.4) is 0 Å². The topological polar surface area (TPSA) is 123 Å². The van der Waals surface area contributed by atoms with E-state index in [4.69, 9.17) is 9.15 Å². The molecule has 2 heterocycles. The van der Waals surface area contributed by atoms with Crippen molar-refractivity contribution in [2.24, 2.45) is 5.92 Å². The number of amides is 1. The molecule has 32 heavy (non-hydrogen) atoms. The lowest BCUT2D eigenvalue weighted by atomic mass is 9.98. The molecule has 1 amide bonds. The molecular formula is C22H26N2O7S. The number of nitrogens with one attached hydrogen (secondary N) is 1. The van der Waals surface area contributed by atoms with Crippen LogP contribution in [0.1, 0.15) is 42.8 Å². The molecule has 0 unspecified atom stereocenters. The molecule has 1 N–H and O–H groups in total. The minimum Gasteiger partial charge on any atom is -0.467 e. The van der Waals surface area contributed by atoms with Gasteiger partial charge in [-0.15, -0.1) is 0 Å². The van der Waals surface area contributed by atoms with Crippen LogP contribution in [0.25, 0.3) is 0 Å². The molecule has 1 atom stereocenters. The van der Waals surface area contributed by atoms with Crippen LogP contribution in [0.15, 0.2) is 52.0 Å². The molecule has 1 saturated heterocycles. The Hall–Kier alpha value is -2.98. The van der Waals surface area contributed by atoms with Gasteiger partial charge in [-0.25, -0.2) is 8.42 Å². The van der Waals surface area contributed by atoms with Gasteiger partial charge < -0.3 is 14.5 Å². The Balaban J connectivity index is 1.50. The molecule has 0 bridgehead atoms. The highest BCUT2D eigenvalue weighted by molar-refractivity contribution is 7.89. The summed E-state index contributed by atoms with van der Waals surface area (Å²) in [4.78, 5) is 36.1. The van der Waals surface area contributed by atoms with Gasteiger partial charge in [-0.1, -0.05) is 12.1 Å². The van der Waals surface area contributed by atoms with Crippen LogP contribution in [-0.4, -0.2) is 49.6 Å². The Bertz CT molecular complexity index is 1050. The molecule has 1 aromatic heterocycles. The monoisotopic (exact) mass is 462 g/mol. The van der Waals surface area contributed by atoms with E-state index in [2.05, 4.69) is 5.32 Å². The number of sulfonamides is 1.